The summed E-state index contributed by atoms with van der Waals surface area (Å²) in [6.45, 7) is 7.21. The van der Waals surface area contributed by atoms with E-state index in [-0.39, 0.29) is 44.1 Å². The summed E-state index contributed by atoms with van der Waals surface area (Å²) in [5.41, 5.74) is 11.3. The number of hydrogen-bond donors (Lipinski definition) is 16. The van der Waals surface area contributed by atoms with Crippen molar-refractivity contribution < 1.29 is 48.9 Å². The van der Waals surface area contributed by atoms with E-state index < -0.39 is 109 Å². The van der Waals surface area contributed by atoms with Crippen LogP contribution >= 0.6 is 0 Å². The Bertz CT molecular complexity index is 1770. The molecule has 0 saturated heterocycles. The minimum absolute atomic E-state index is 0.0808. The fraction of sp³-hybridized carbons (Fsp3) is 0.674. The monoisotopic (exact) mass is 976 g/mol. The molecule has 8 atom stereocenters. The van der Waals surface area contributed by atoms with Crippen molar-refractivity contribution in [2.45, 2.75) is 166 Å². The molecule has 0 unspecified atom stereocenters. The van der Waals surface area contributed by atoms with Gasteiger partial charge in [0.05, 0.1) is 19.3 Å². The number of hydrogen-bond acceptors (Lipinski definition) is 12. The van der Waals surface area contributed by atoms with Crippen LogP contribution in [0.15, 0.2) is 30.3 Å². The number of benzene rings is 1. The van der Waals surface area contributed by atoms with Gasteiger partial charge in [-0.2, -0.15) is 0 Å². The fourth-order valence-corrected chi connectivity index (χ4v) is 7.04. The summed E-state index contributed by atoms with van der Waals surface area (Å²) in [6.07, 6.45) is 6.75. The number of guanidine groups is 2. The molecule has 23 heteroatoms. The lowest BCUT2D eigenvalue weighted by atomic mass is 9.99. The maximum absolute atomic E-state index is 14.2. The van der Waals surface area contributed by atoms with E-state index in [1.807, 2.05) is 0 Å². The van der Waals surface area contributed by atoms with E-state index in [0.29, 0.717) is 31.4 Å². The molecule has 0 saturated carbocycles. The van der Waals surface area contributed by atoms with Crippen LogP contribution < -0.4 is 59.3 Å². The highest BCUT2D eigenvalue weighted by Crippen LogP contribution is 2.11. The third-order valence-corrected chi connectivity index (χ3v) is 11.0. The topological polar surface area (TPSA) is 388 Å². The third-order valence-electron chi connectivity index (χ3n) is 11.0. The number of aliphatic hydroxyl groups is 3. The van der Waals surface area contributed by atoms with Crippen LogP contribution in [0.4, 0.5) is 0 Å². The second-order valence-electron chi connectivity index (χ2n) is 17.6. The minimum atomic E-state index is -1.66. The molecule has 0 radical (unpaired) electrons. The van der Waals surface area contributed by atoms with Crippen LogP contribution in [0.25, 0.3) is 0 Å². The number of unbranched alkanes of at least 4 members (excludes halogenated alkanes) is 6. The van der Waals surface area contributed by atoms with Gasteiger partial charge in [0.2, 0.25) is 41.4 Å². The molecule has 0 aliphatic rings. The zero-order valence-corrected chi connectivity index (χ0v) is 41.0. The van der Waals surface area contributed by atoms with Gasteiger partial charge in [0.1, 0.15) is 36.3 Å². The fourth-order valence-electron chi connectivity index (χ4n) is 7.04. The van der Waals surface area contributed by atoms with Gasteiger partial charge >= 0.3 is 0 Å². The molecule has 23 nitrogen and oxygen atoms in total. The summed E-state index contributed by atoms with van der Waals surface area (Å²) in [7, 11) is 0. The smallest absolute Gasteiger partial charge is 0.245 e. The molecule has 0 aliphatic carbocycles. The normalized spacial score (nSPS) is 14.5. The SMILES string of the molecule is CCCCCCCCCC(=O)N[C@H](C(=O)N[C@H](C(=O)N[C@@H](Cc1ccccc1)C(=O)N[C@@H](CCCNC(=N)N)C(=O)N[C@@H](CO)C(=O)N[C@@H](CO)C(=O)N[C@H](C)CCCNC(=N)N)C(C)C)[C@@H](C)O. The van der Waals surface area contributed by atoms with Gasteiger partial charge in [-0.1, -0.05) is 89.6 Å². The first-order valence-corrected chi connectivity index (χ1v) is 23.9. The van der Waals surface area contributed by atoms with Gasteiger partial charge in [-0.05, 0) is 57.4 Å². The average molecular weight is 976 g/mol. The first-order chi connectivity index (χ1) is 32.7. The Balaban J connectivity index is 3.27. The van der Waals surface area contributed by atoms with Crippen LogP contribution in [0, 0.1) is 16.7 Å². The molecule has 0 spiro atoms. The van der Waals surface area contributed by atoms with Crippen LogP contribution in [0.5, 0.6) is 0 Å². The Kier molecular flexibility index (Phi) is 30.3. The maximum atomic E-state index is 14.2. The molecule has 0 heterocycles. The second kappa shape index (κ2) is 34.3. The van der Waals surface area contributed by atoms with Crippen LogP contribution in [0.1, 0.15) is 117 Å². The number of carbonyl (C=O) groups excluding carboxylic acids is 7. The molecule has 1 rings (SSSR count). The highest BCUT2D eigenvalue weighted by Gasteiger charge is 2.35. The first kappa shape index (κ1) is 60.9. The Morgan fingerprint density at radius 1 is 0.551 bits per heavy atom. The number of aliphatic hydroxyl groups excluding tert-OH is 3. The van der Waals surface area contributed by atoms with E-state index in [2.05, 4.69) is 54.8 Å². The van der Waals surface area contributed by atoms with Crippen molar-refractivity contribution in [2.24, 2.45) is 17.4 Å². The van der Waals surface area contributed by atoms with Gasteiger partial charge in [-0.15, -0.1) is 0 Å². The van der Waals surface area contributed by atoms with Crippen molar-refractivity contribution in [1.29, 1.82) is 10.8 Å². The Morgan fingerprint density at radius 2 is 1.01 bits per heavy atom. The molecule has 7 amide bonds. The standard InChI is InChI=1S/C46H81N13O10/c1-6-7-8-9-10-11-15-22-36(63)58-38(30(5)62)44(69)59-37(28(2)3)43(68)55-33(25-31-19-13-12-14-20-31)40(65)54-32(21-17-24-52-46(49)50)39(64)56-35(27-61)42(67)57-34(26-60)41(66)53-29(4)18-16-23-51-45(47)48/h12-14,19-20,28-30,32-35,37-38,60-62H,6-11,15-18,21-27H2,1-5H3,(H,53,66)(H,54,65)(H,55,68)(H,56,64)(H,57,67)(H,58,63)(H,59,69)(H4,47,48,51)(H4,49,50,52)/t29-,30-,32+,33+,34+,35+,37+,38+/m1/s1. The van der Waals surface area contributed by atoms with Crippen molar-refractivity contribution in [3.8, 4) is 0 Å². The molecular formula is C46H81N13O10. The summed E-state index contributed by atoms with van der Waals surface area (Å²) >= 11 is 0. The molecule has 0 bridgehead atoms. The van der Waals surface area contributed by atoms with Crippen molar-refractivity contribution in [3.05, 3.63) is 35.9 Å². The Hall–Kier alpha value is -6.07. The van der Waals surface area contributed by atoms with Gasteiger partial charge < -0.3 is 74.6 Å². The number of amides is 7. The molecule has 0 aliphatic heterocycles. The van der Waals surface area contributed by atoms with Gasteiger partial charge in [0, 0.05) is 32.0 Å². The third kappa shape index (κ3) is 25.8. The highest BCUT2D eigenvalue weighted by molar-refractivity contribution is 5.97. The van der Waals surface area contributed by atoms with Crippen LogP contribution in [-0.2, 0) is 40.0 Å². The molecule has 0 aromatic heterocycles. The van der Waals surface area contributed by atoms with E-state index in [1.165, 1.54) is 6.92 Å². The van der Waals surface area contributed by atoms with Gasteiger partial charge in [0.15, 0.2) is 11.9 Å². The number of nitrogens with one attached hydrogen (secondary N) is 11. The van der Waals surface area contributed by atoms with Gasteiger partial charge in [-0.25, -0.2) is 0 Å². The predicted octanol–water partition coefficient (Wildman–Crippen LogP) is -1.67. The van der Waals surface area contributed by atoms with E-state index in [9.17, 15) is 48.9 Å². The molecule has 1 aromatic rings. The minimum Gasteiger partial charge on any atom is -0.394 e. The van der Waals surface area contributed by atoms with Crippen LogP contribution in [-0.4, -0.2) is 143 Å². The Morgan fingerprint density at radius 3 is 1.54 bits per heavy atom. The summed E-state index contributed by atoms with van der Waals surface area (Å²) in [4.78, 5) is 94.8. The lowest BCUT2D eigenvalue weighted by Gasteiger charge is -2.29. The van der Waals surface area contributed by atoms with Gasteiger partial charge in [-0.3, -0.25) is 44.4 Å². The zero-order chi connectivity index (χ0) is 51.9. The average Bonchev–Trinajstić information content (AvgIpc) is 3.29. The quantitative estimate of drug-likeness (QED) is 0.0206. The summed E-state index contributed by atoms with van der Waals surface area (Å²) in [6, 6.07) is -0.286. The molecule has 1 aromatic carbocycles. The number of rotatable bonds is 35. The van der Waals surface area contributed by atoms with Gasteiger partial charge in [0.25, 0.3) is 0 Å². The van der Waals surface area contributed by atoms with Crippen LogP contribution in [0.3, 0.4) is 0 Å². The van der Waals surface area contributed by atoms with E-state index >= 15 is 0 Å². The first-order valence-electron chi connectivity index (χ1n) is 23.9. The summed E-state index contributed by atoms with van der Waals surface area (Å²) < 4.78 is 0. The lowest BCUT2D eigenvalue weighted by molar-refractivity contribution is -0.137. The van der Waals surface area contributed by atoms with Crippen molar-refractivity contribution in [2.75, 3.05) is 26.3 Å². The maximum Gasteiger partial charge on any atom is 0.245 e. The summed E-state index contributed by atoms with van der Waals surface area (Å²) in [5.74, 6) is -6.65. The zero-order valence-electron chi connectivity index (χ0n) is 41.0. The largest absolute Gasteiger partial charge is 0.394 e. The molecule has 390 valence electrons. The predicted molar refractivity (Wildman–Crippen MR) is 261 cm³/mol. The van der Waals surface area contributed by atoms with Crippen molar-refractivity contribution >= 4 is 53.3 Å². The number of carbonyl (C=O) groups is 7. The molecule has 69 heavy (non-hydrogen) atoms. The molecule has 0 fully saturated rings. The van der Waals surface area contributed by atoms with Crippen LogP contribution in [0.2, 0.25) is 0 Å². The highest BCUT2D eigenvalue weighted by atomic mass is 16.3. The van der Waals surface area contributed by atoms with E-state index in [4.69, 9.17) is 22.3 Å². The lowest BCUT2D eigenvalue weighted by Crippen LogP contribution is -2.62. The van der Waals surface area contributed by atoms with Crippen molar-refractivity contribution in [1.82, 2.24) is 47.9 Å². The van der Waals surface area contributed by atoms with E-state index in [1.54, 1.807) is 51.1 Å². The van der Waals surface area contributed by atoms with Crippen molar-refractivity contribution in [3.63, 3.8) is 0 Å². The van der Waals surface area contributed by atoms with E-state index in [0.717, 1.165) is 38.5 Å². The number of nitrogens with two attached hydrogens (primary N) is 2. The molecular weight excluding hydrogens is 895 g/mol. The molecule has 18 N–H and O–H groups in total. The second-order valence-corrected chi connectivity index (χ2v) is 17.6. The summed E-state index contributed by atoms with van der Waals surface area (Å²) in [5, 5.41) is 68.5. The Labute approximate surface area is 406 Å².